The maximum absolute atomic E-state index is 14.7. The topological polar surface area (TPSA) is 73.2 Å². The summed E-state index contributed by atoms with van der Waals surface area (Å²) in [6, 6.07) is 14.6. The third kappa shape index (κ3) is 4.26. The molecule has 174 valence electrons. The Morgan fingerprint density at radius 3 is 2.62 bits per heavy atom. The maximum atomic E-state index is 14.7. The molecule has 0 aliphatic heterocycles. The molecule has 3 aromatic carbocycles. The van der Waals surface area contributed by atoms with E-state index >= 15 is 0 Å². The van der Waals surface area contributed by atoms with E-state index in [0.717, 1.165) is 11.1 Å². The Morgan fingerprint density at radius 2 is 1.91 bits per heavy atom. The molecule has 0 bridgehead atoms. The third-order valence-corrected chi connectivity index (χ3v) is 5.93. The molecule has 1 aromatic heterocycles. The van der Waals surface area contributed by atoms with Crippen LogP contribution in [-0.4, -0.2) is 22.6 Å². The lowest BCUT2D eigenvalue weighted by molar-refractivity contribution is 0.0602. The predicted molar refractivity (Wildman–Crippen MR) is 132 cm³/mol. The van der Waals surface area contributed by atoms with Crippen molar-refractivity contribution in [3.8, 4) is 11.4 Å². The molecule has 4 rings (SSSR count). The van der Waals surface area contributed by atoms with Crippen molar-refractivity contribution in [1.29, 1.82) is 0 Å². The smallest absolute Gasteiger partial charge is 0.339 e. The van der Waals surface area contributed by atoms with Gasteiger partial charge in [0.1, 0.15) is 11.6 Å². The molecule has 0 radical (unpaired) electrons. The minimum absolute atomic E-state index is 0.175. The summed E-state index contributed by atoms with van der Waals surface area (Å²) < 4.78 is 20.9. The van der Waals surface area contributed by atoms with Gasteiger partial charge in [0.15, 0.2) is 0 Å². The molecule has 1 N–H and O–H groups in total. The average Bonchev–Trinajstić information content (AvgIpc) is 2.81. The van der Waals surface area contributed by atoms with Crippen LogP contribution in [0.2, 0.25) is 5.02 Å². The van der Waals surface area contributed by atoms with E-state index in [1.165, 1.54) is 23.8 Å². The number of benzene rings is 3. The first-order chi connectivity index (χ1) is 16.2. The summed E-state index contributed by atoms with van der Waals surface area (Å²) in [5.41, 5.74) is 2.93. The van der Waals surface area contributed by atoms with Gasteiger partial charge in [0.05, 0.1) is 35.2 Å². The number of nitrogens with one attached hydrogen (secondary N) is 1. The number of carbonyl (C=O) groups is 1. The number of nitrogens with zero attached hydrogens (tertiary/aromatic N) is 2. The minimum Gasteiger partial charge on any atom is -0.465 e. The first-order valence-electron chi connectivity index (χ1n) is 10.6. The molecule has 0 spiro atoms. The molecular weight excluding hydrogens is 457 g/mol. The Hall–Kier alpha value is -3.71. The number of rotatable bonds is 5. The molecule has 0 aliphatic rings. The second kappa shape index (κ2) is 9.27. The molecule has 0 fully saturated rings. The summed E-state index contributed by atoms with van der Waals surface area (Å²) in [6.45, 7) is 3.80. The Labute approximate surface area is 201 Å². The molecule has 0 amide bonds. The number of hydrogen-bond donors (Lipinski definition) is 1. The summed E-state index contributed by atoms with van der Waals surface area (Å²) in [5.74, 6) is -0.836. The lowest BCUT2D eigenvalue weighted by Gasteiger charge is -2.20. The lowest BCUT2D eigenvalue weighted by atomic mass is 10.00. The van der Waals surface area contributed by atoms with Crippen molar-refractivity contribution in [3.05, 3.63) is 92.5 Å². The van der Waals surface area contributed by atoms with Gasteiger partial charge in [0, 0.05) is 23.3 Å². The lowest BCUT2D eigenvalue weighted by Crippen LogP contribution is -2.22. The molecule has 1 atom stereocenters. The number of halogens is 2. The van der Waals surface area contributed by atoms with Crippen LogP contribution in [0.25, 0.3) is 22.3 Å². The molecule has 4 aromatic rings. The second-order valence-electron chi connectivity index (χ2n) is 8.08. The fourth-order valence-electron chi connectivity index (χ4n) is 4.00. The fraction of sp³-hybridized carbons (Fsp3) is 0.192. The molecule has 0 aliphatic carbocycles. The number of esters is 1. The first kappa shape index (κ1) is 23.4. The molecular formula is C26H23ClFN3O3. The van der Waals surface area contributed by atoms with Crippen LogP contribution in [0, 0.1) is 12.7 Å². The number of methoxy groups -OCH3 is 1. The summed E-state index contributed by atoms with van der Waals surface area (Å²) in [7, 11) is 2.89. The highest BCUT2D eigenvalue weighted by atomic mass is 35.5. The van der Waals surface area contributed by atoms with Gasteiger partial charge in [0.25, 0.3) is 5.56 Å². The van der Waals surface area contributed by atoms with Gasteiger partial charge in [-0.25, -0.2) is 14.2 Å². The summed E-state index contributed by atoms with van der Waals surface area (Å²) in [4.78, 5) is 30.2. The normalized spacial score (nSPS) is 11.9. The van der Waals surface area contributed by atoms with Crippen LogP contribution in [0.1, 0.15) is 34.5 Å². The summed E-state index contributed by atoms with van der Waals surface area (Å²) in [5, 5.41) is 4.01. The van der Waals surface area contributed by atoms with Crippen molar-refractivity contribution in [1.82, 2.24) is 9.55 Å². The summed E-state index contributed by atoms with van der Waals surface area (Å²) >= 11 is 5.91. The van der Waals surface area contributed by atoms with Gasteiger partial charge in [-0.1, -0.05) is 29.8 Å². The largest absolute Gasteiger partial charge is 0.465 e. The zero-order chi connectivity index (χ0) is 24.6. The van der Waals surface area contributed by atoms with E-state index in [1.54, 1.807) is 37.4 Å². The molecule has 34 heavy (non-hydrogen) atoms. The van der Waals surface area contributed by atoms with Crippen molar-refractivity contribution in [2.75, 3.05) is 12.4 Å². The van der Waals surface area contributed by atoms with Crippen molar-refractivity contribution in [2.24, 2.45) is 7.05 Å². The van der Waals surface area contributed by atoms with Crippen molar-refractivity contribution < 1.29 is 13.9 Å². The van der Waals surface area contributed by atoms with Crippen molar-refractivity contribution in [2.45, 2.75) is 19.9 Å². The van der Waals surface area contributed by atoms with Crippen LogP contribution in [-0.2, 0) is 11.8 Å². The Bertz CT molecular complexity index is 1480. The van der Waals surface area contributed by atoms with Gasteiger partial charge in [0.2, 0.25) is 0 Å². The van der Waals surface area contributed by atoms with Crippen LogP contribution in [0.3, 0.4) is 0 Å². The minimum atomic E-state index is -0.568. The number of aromatic nitrogens is 2. The van der Waals surface area contributed by atoms with E-state index < -0.39 is 11.8 Å². The Morgan fingerprint density at radius 1 is 1.18 bits per heavy atom. The van der Waals surface area contributed by atoms with Gasteiger partial charge >= 0.3 is 5.97 Å². The van der Waals surface area contributed by atoms with E-state index in [1.807, 2.05) is 26.0 Å². The van der Waals surface area contributed by atoms with Crippen molar-refractivity contribution >= 4 is 34.2 Å². The number of anilines is 1. The molecule has 1 unspecified atom stereocenters. The third-order valence-electron chi connectivity index (χ3n) is 5.70. The van der Waals surface area contributed by atoms with Crippen molar-refractivity contribution in [3.63, 3.8) is 0 Å². The highest BCUT2D eigenvalue weighted by Gasteiger charge is 2.20. The van der Waals surface area contributed by atoms with Gasteiger partial charge < -0.3 is 10.1 Å². The van der Waals surface area contributed by atoms with E-state index in [4.69, 9.17) is 21.3 Å². The quantitative estimate of drug-likeness (QED) is 0.374. The maximum Gasteiger partial charge on any atom is 0.339 e. The van der Waals surface area contributed by atoms with Crippen LogP contribution in [0.15, 0.2) is 59.4 Å². The van der Waals surface area contributed by atoms with E-state index in [0.29, 0.717) is 22.2 Å². The standard InChI is InChI=1S/C26H23ClFN3O3/c1-14-11-19(15(2)29-22-8-6-5-7-18(22)26(33)34-4)23-20(12-14)25(32)31(3)24(30-23)17-10-9-16(27)13-21(17)28/h5-13,15,29H,1-4H3. The monoisotopic (exact) mass is 479 g/mol. The molecule has 8 heteroatoms. The van der Waals surface area contributed by atoms with Gasteiger partial charge in [-0.3, -0.25) is 9.36 Å². The summed E-state index contributed by atoms with van der Waals surface area (Å²) in [6.07, 6.45) is 0. The average molecular weight is 480 g/mol. The predicted octanol–water partition coefficient (Wildman–Crippen LogP) is 5.66. The van der Waals surface area contributed by atoms with E-state index in [-0.39, 0.29) is 28.0 Å². The number of para-hydroxylation sites is 1. The fourth-order valence-corrected chi connectivity index (χ4v) is 4.16. The van der Waals surface area contributed by atoms with Gasteiger partial charge in [-0.15, -0.1) is 0 Å². The number of carbonyl (C=O) groups excluding carboxylic acids is 1. The SMILES string of the molecule is COC(=O)c1ccccc1NC(C)c1cc(C)cc2c(=O)n(C)c(-c3ccc(Cl)cc3F)nc12. The van der Waals surface area contributed by atoms with Crippen LogP contribution in [0.4, 0.5) is 10.1 Å². The zero-order valence-corrected chi connectivity index (χ0v) is 19.9. The Balaban J connectivity index is 1.89. The highest BCUT2D eigenvalue weighted by molar-refractivity contribution is 6.30. The molecule has 6 nitrogen and oxygen atoms in total. The van der Waals surface area contributed by atoms with Crippen LogP contribution >= 0.6 is 11.6 Å². The van der Waals surface area contributed by atoms with E-state index in [9.17, 15) is 14.0 Å². The zero-order valence-electron chi connectivity index (χ0n) is 19.1. The molecule has 0 saturated carbocycles. The molecule has 1 heterocycles. The van der Waals surface area contributed by atoms with Gasteiger partial charge in [-0.05, 0) is 55.8 Å². The van der Waals surface area contributed by atoms with E-state index in [2.05, 4.69) is 5.32 Å². The van der Waals surface area contributed by atoms with Crippen LogP contribution in [0.5, 0.6) is 0 Å². The Kier molecular flexibility index (Phi) is 6.39. The number of ether oxygens (including phenoxy) is 1. The van der Waals surface area contributed by atoms with Crippen LogP contribution < -0.4 is 10.9 Å². The number of hydrogen-bond acceptors (Lipinski definition) is 5. The number of aryl methyl sites for hydroxylation is 1. The highest BCUT2D eigenvalue weighted by Crippen LogP contribution is 2.30. The number of fused-ring (bicyclic) bond motifs is 1. The first-order valence-corrected chi connectivity index (χ1v) is 11.0. The second-order valence-corrected chi connectivity index (χ2v) is 8.51. The van der Waals surface area contributed by atoms with Gasteiger partial charge in [-0.2, -0.15) is 0 Å². The molecule has 0 saturated heterocycles.